The lowest BCUT2D eigenvalue weighted by Crippen LogP contribution is -2.39. The number of aromatic nitrogens is 4. The largest absolute Gasteiger partial charge is 0.437 e. The van der Waals surface area contributed by atoms with E-state index < -0.39 is 17.6 Å². The maximum Gasteiger partial charge on any atom is 0.418 e. The van der Waals surface area contributed by atoms with Gasteiger partial charge in [-0.15, -0.1) is 0 Å². The van der Waals surface area contributed by atoms with Crippen LogP contribution in [0.3, 0.4) is 0 Å². The summed E-state index contributed by atoms with van der Waals surface area (Å²) in [6.07, 6.45) is 2.22. The Kier molecular flexibility index (Phi) is 9.52. The van der Waals surface area contributed by atoms with E-state index in [1.807, 2.05) is 36.9 Å². The van der Waals surface area contributed by atoms with Gasteiger partial charge in [0.15, 0.2) is 5.82 Å². The van der Waals surface area contributed by atoms with Gasteiger partial charge in [-0.05, 0) is 79.8 Å². The van der Waals surface area contributed by atoms with Crippen molar-refractivity contribution in [3.05, 3.63) is 89.9 Å². The van der Waals surface area contributed by atoms with Crippen LogP contribution in [0.1, 0.15) is 47.7 Å². The van der Waals surface area contributed by atoms with Crippen LogP contribution >= 0.6 is 0 Å². The Morgan fingerprint density at radius 3 is 2.55 bits per heavy atom. The molecule has 2 aromatic carbocycles. The molecule has 49 heavy (non-hydrogen) atoms. The third-order valence-corrected chi connectivity index (χ3v) is 8.69. The molecule has 1 aliphatic heterocycles. The van der Waals surface area contributed by atoms with Crippen molar-refractivity contribution < 1.29 is 27.5 Å². The van der Waals surface area contributed by atoms with Crippen LogP contribution in [0.4, 0.5) is 24.5 Å². The van der Waals surface area contributed by atoms with Crippen molar-refractivity contribution in [2.75, 3.05) is 29.9 Å². The smallest absolute Gasteiger partial charge is 0.418 e. The fraction of sp³-hybridized carbons (Fsp3) is 0.306. The molecule has 2 amide bonds. The van der Waals surface area contributed by atoms with E-state index in [0.717, 1.165) is 11.6 Å². The Bertz CT molecular complexity index is 1990. The number of amides is 2. The number of anilines is 2. The molecule has 0 bridgehead atoms. The van der Waals surface area contributed by atoms with E-state index in [0.29, 0.717) is 67.1 Å². The van der Waals surface area contributed by atoms with E-state index >= 15 is 0 Å². The highest BCUT2D eigenvalue weighted by Gasteiger charge is 2.36. The predicted molar refractivity (Wildman–Crippen MR) is 181 cm³/mol. The van der Waals surface area contributed by atoms with Gasteiger partial charge < -0.3 is 24.8 Å². The maximum atomic E-state index is 14.3. The first-order chi connectivity index (χ1) is 23.5. The van der Waals surface area contributed by atoms with Gasteiger partial charge in [-0.1, -0.05) is 13.0 Å². The molecular formula is C36H36F3N7O3. The number of benzene rings is 2. The van der Waals surface area contributed by atoms with Crippen LogP contribution in [0, 0.1) is 12.8 Å². The normalized spacial score (nSPS) is 13.8. The summed E-state index contributed by atoms with van der Waals surface area (Å²) >= 11 is 0. The molecule has 0 atom stereocenters. The molecule has 0 spiro atoms. The maximum absolute atomic E-state index is 14.3. The summed E-state index contributed by atoms with van der Waals surface area (Å²) in [6, 6.07) is 14.2. The van der Waals surface area contributed by atoms with Crippen LogP contribution in [0.5, 0.6) is 11.6 Å². The van der Waals surface area contributed by atoms with Gasteiger partial charge in [0, 0.05) is 74.2 Å². The van der Waals surface area contributed by atoms with Gasteiger partial charge in [-0.25, -0.2) is 4.98 Å². The number of carbonyl (C=O) groups is 2. The Labute approximate surface area is 281 Å². The molecule has 2 N–H and O–H groups in total. The highest BCUT2D eigenvalue weighted by Crippen LogP contribution is 2.40. The van der Waals surface area contributed by atoms with Crippen LogP contribution < -0.4 is 20.3 Å². The molecule has 0 unspecified atom stereocenters. The van der Waals surface area contributed by atoms with Crippen LogP contribution in [-0.2, 0) is 18.0 Å². The van der Waals surface area contributed by atoms with E-state index in [2.05, 4.69) is 25.6 Å². The van der Waals surface area contributed by atoms with Crippen LogP contribution in [0.15, 0.2) is 73.2 Å². The lowest BCUT2D eigenvalue weighted by molar-refractivity contribution is -0.137. The van der Waals surface area contributed by atoms with Crippen LogP contribution in [0.2, 0.25) is 0 Å². The highest BCUT2D eigenvalue weighted by molar-refractivity contribution is 6.04. The quantitative estimate of drug-likeness (QED) is 0.171. The topological polar surface area (TPSA) is 114 Å². The van der Waals surface area contributed by atoms with Gasteiger partial charge in [0.1, 0.15) is 11.3 Å². The number of halogens is 3. The number of hydrogen-bond acceptors (Lipinski definition) is 7. The molecule has 0 aliphatic carbocycles. The second-order valence-electron chi connectivity index (χ2n) is 12.1. The zero-order valence-corrected chi connectivity index (χ0v) is 27.3. The highest BCUT2D eigenvalue weighted by atomic mass is 19.4. The van der Waals surface area contributed by atoms with E-state index in [4.69, 9.17) is 4.74 Å². The van der Waals surface area contributed by atoms with Crippen LogP contribution in [-0.4, -0.2) is 51.0 Å². The third-order valence-electron chi connectivity index (χ3n) is 8.69. The number of ether oxygens (including phenoxy) is 1. The Morgan fingerprint density at radius 2 is 1.84 bits per heavy atom. The average Bonchev–Trinajstić information content (AvgIpc) is 3.48. The number of hydrogen-bond donors (Lipinski definition) is 2. The van der Waals surface area contributed by atoms with E-state index in [1.54, 1.807) is 42.4 Å². The fourth-order valence-corrected chi connectivity index (χ4v) is 5.89. The molecule has 4 heterocycles. The zero-order valence-electron chi connectivity index (χ0n) is 27.3. The Balaban J connectivity index is 1.21. The minimum atomic E-state index is -4.64. The summed E-state index contributed by atoms with van der Waals surface area (Å²) in [5.41, 5.74) is 2.19. The molecule has 5 aromatic rings. The number of alkyl halides is 3. The molecule has 0 radical (unpaired) electrons. The molecular weight excluding hydrogens is 635 g/mol. The number of nitrogens with one attached hydrogen (secondary N) is 2. The van der Waals surface area contributed by atoms with E-state index in [1.165, 1.54) is 18.2 Å². The summed E-state index contributed by atoms with van der Waals surface area (Å²) in [4.78, 5) is 40.2. The molecule has 1 fully saturated rings. The fourth-order valence-electron chi connectivity index (χ4n) is 5.89. The number of nitrogens with zero attached hydrogens (tertiary/aromatic N) is 5. The summed E-state index contributed by atoms with van der Waals surface area (Å²) < 4.78 is 51.1. The standard InChI is InChI=1S/C36H36F3N7O3/c1-4-31(47)41-20-23-11-16-46(17-12-23)29-10-9-26(19-27(29)36(37,38)39)42-34(48)24-8-7-22(2)30(18-24)49-35-32-28(13-15-45(32)3)43-33(44-35)25-6-5-14-40-21-25/h5-10,13-15,18-19,21,23H,4,11-12,16-17,20H2,1-3H3,(H,41,47)(H,42,48). The third kappa shape index (κ3) is 7.50. The van der Waals surface area contributed by atoms with Gasteiger partial charge in [0.25, 0.3) is 5.91 Å². The van der Waals surface area contributed by atoms with E-state index in [-0.39, 0.29) is 34.6 Å². The number of pyridine rings is 1. The van der Waals surface area contributed by atoms with Crippen molar-refractivity contribution in [3.63, 3.8) is 0 Å². The lowest BCUT2D eigenvalue weighted by atomic mass is 9.95. The van der Waals surface area contributed by atoms with Gasteiger partial charge in [-0.3, -0.25) is 14.6 Å². The summed E-state index contributed by atoms with van der Waals surface area (Å²) in [5, 5.41) is 5.50. The summed E-state index contributed by atoms with van der Waals surface area (Å²) in [5.74, 6) is 0.625. The molecule has 1 saturated heterocycles. The van der Waals surface area contributed by atoms with Crippen LogP contribution in [0.25, 0.3) is 22.4 Å². The SMILES string of the molecule is CCC(=O)NCC1CCN(c2ccc(NC(=O)c3ccc(C)c(Oc4nc(-c5cccnc5)nc5ccn(C)c45)c3)cc2C(F)(F)F)CC1. The van der Waals surface area contributed by atoms with Gasteiger partial charge in [-0.2, -0.15) is 18.2 Å². The van der Waals surface area contributed by atoms with Gasteiger partial charge in [0.2, 0.25) is 11.8 Å². The van der Waals surface area contributed by atoms with Crippen molar-refractivity contribution >= 4 is 34.2 Å². The molecule has 6 rings (SSSR count). The minimum absolute atomic E-state index is 0.0173. The van der Waals surface area contributed by atoms with Crippen molar-refractivity contribution in [2.24, 2.45) is 13.0 Å². The summed E-state index contributed by atoms with van der Waals surface area (Å²) in [7, 11) is 1.84. The minimum Gasteiger partial charge on any atom is -0.437 e. The number of carbonyl (C=O) groups excluding carboxylic acids is 2. The first kappa shape index (κ1) is 33.4. The van der Waals surface area contributed by atoms with Crippen molar-refractivity contribution in [1.82, 2.24) is 24.8 Å². The molecule has 3 aromatic heterocycles. The molecule has 0 saturated carbocycles. The average molecular weight is 672 g/mol. The predicted octanol–water partition coefficient (Wildman–Crippen LogP) is 7.14. The summed E-state index contributed by atoms with van der Waals surface area (Å²) in [6.45, 7) is 4.97. The number of fused-ring (bicyclic) bond motifs is 1. The number of aryl methyl sites for hydroxylation is 2. The molecule has 10 nitrogen and oxygen atoms in total. The number of piperidine rings is 1. The van der Waals surface area contributed by atoms with Crippen molar-refractivity contribution in [3.8, 4) is 23.0 Å². The monoisotopic (exact) mass is 671 g/mol. The number of rotatable bonds is 9. The van der Waals surface area contributed by atoms with Crippen molar-refractivity contribution in [1.29, 1.82) is 0 Å². The second kappa shape index (κ2) is 14.0. The van der Waals surface area contributed by atoms with Crippen molar-refractivity contribution in [2.45, 2.75) is 39.3 Å². The van der Waals surface area contributed by atoms with Gasteiger partial charge >= 0.3 is 6.18 Å². The molecule has 13 heteroatoms. The Morgan fingerprint density at radius 1 is 1.04 bits per heavy atom. The van der Waals surface area contributed by atoms with E-state index in [9.17, 15) is 22.8 Å². The Hall–Kier alpha value is -5.46. The lowest BCUT2D eigenvalue weighted by Gasteiger charge is -2.35. The molecule has 254 valence electrons. The molecule has 1 aliphatic rings. The second-order valence-corrected chi connectivity index (χ2v) is 12.1. The van der Waals surface area contributed by atoms with Gasteiger partial charge in [0.05, 0.1) is 11.1 Å². The first-order valence-corrected chi connectivity index (χ1v) is 16.1. The zero-order chi connectivity index (χ0) is 34.7. The first-order valence-electron chi connectivity index (χ1n) is 16.1.